The Morgan fingerprint density at radius 2 is 1.58 bits per heavy atom. The largest absolute Gasteiger partial charge is 0.480 e. The van der Waals surface area contributed by atoms with Gasteiger partial charge in [0.15, 0.2) is 6.04 Å². The van der Waals surface area contributed by atoms with Crippen molar-refractivity contribution in [3.05, 3.63) is 29.8 Å². The monoisotopic (exact) mass is 387 g/mol. The van der Waals surface area contributed by atoms with E-state index in [1.165, 1.54) is 26.0 Å². The van der Waals surface area contributed by atoms with E-state index in [9.17, 15) is 23.1 Å². The van der Waals surface area contributed by atoms with Crippen molar-refractivity contribution in [2.45, 2.75) is 63.7 Å². The van der Waals surface area contributed by atoms with Gasteiger partial charge in [0, 0.05) is 0 Å². The fraction of sp³-hybridized carbons (Fsp3) is 0.529. The summed E-state index contributed by atoms with van der Waals surface area (Å²) >= 11 is 0. The Morgan fingerprint density at radius 1 is 1.08 bits per heavy atom. The fourth-order valence-corrected chi connectivity index (χ4v) is 3.27. The quantitative estimate of drug-likeness (QED) is 0.720. The van der Waals surface area contributed by atoms with Gasteiger partial charge in [-0.05, 0) is 53.7 Å². The van der Waals surface area contributed by atoms with Crippen LogP contribution in [0.5, 0.6) is 0 Å². The van der Waals surface area contributed by atoms with Crippen LogP contribution in [0.15, 0.2) is 29.2 Å². The van der Waals surface area contributed by atoms with Gasteiger partial charge in [0.25, 0.3) is 10.1 Å². The Hall–Kier alpha value is -2.13. The lowest BCUT2D eigenvalue weighted by Crippen LogP contribution is -2.56. The fourth-order valence-electron chi connectivity index (χ4n) is 2.04. The van der Waals surface area contributed by atoms with Crippen LogP contribution in [0.1, 0.15) is 40.2 Å². The molecule has 0 radical (unpaired) electrons. The molecule has 26 heavy (non-hydrogen) atoms. The number of carboxylic acids is 1. The molecule has 8 nitrogen and oxygen atoms in total. The minimum Gasteiger partial charge on any atom is -0.480 e. The summed E-state index contributed by atoms with van der Waals surface area (Å²) < 4.78 is 35.0. The maximum Gasteiger partial charge on any atom is 0.408 e. The number of rotatable bonds is 6. The molecule has 0 spiro atoms. The van der Waals surface area contributed by atoms with Crippen molar-refractivity contribution in [1.82, 2.24) is 5.32 Å². The Bertz CT molecular complexity index is 761. The number of benzene rings is 1. The van der Waals surface area contributed by atoms with E-state index in [4.69, 9.17) is 8.92 Å². The van der Waals surface area contributed by atoms with Crippen LogP contribution in [0.3, 0.4) is 0 Å². The first kappa shape index (κ1) is 21.9. The standard InChI is InChI=1S/C17H25NO7S/c1-11-7-9-12(10-8-11)26(22,23)25-17(5,6)13(14(19)20)18-15(21)24-16(2,3)4/h7-10,13H,1-6H3,(H,18,21)(H,19,20)/t13-/m1/s1. The predicted molar refractivity (Wildman–Crippen MR) is 94.3 cm³/mol. The van der Waals surface area contributed by atoms with Gasteiger partial charge in [0.05, 0.1) is 4.90 Å². The molecular formula is C17H25NO7S. The molecule has 0 aliphatic rings. The average Bonchev–Trinajstić information content (AvgIpc) is 2.41. The SMILES string of the molecule is Cc1ccc(S(=O)(=O)OC(C)(C)[C@H](NC(=O)OC(C)(C)C)C(=O)O)cc1. The molecule has 1 amide bonds. The molecule has 1 rings (SSSR count). The molecule has 2 N–H and O–H groups in total. The molecule has 0 aromatic heterocycles. The number of hydrogen-bond acceptors (Lipinski definition) is 6. The molecule has 0 unspecified atom stereocenters. The minimum absolute atomic E-state index is 0.113. The highest BCUT2D eigenvalue weighted by Crippen LogP contribution is 2.24. The van der Waals surface area contributed by atoms with Gasteiger partial charge in [-0.1, -0.05) is 17.7 Å². The lowest BCUT2D eigenvalue weighted by molar-refractivity contribution is -0.144. The normalized spacial score (nSPS) is 13.8. The minimum atomic E-state index is -4.24. The molecule has 0 saturated heterocycles. The number of aryl methyl sites for hydroxylation is 1. The molecule has 1 atom stereocenters. The summed E-state index contributed by atoms with van der Waals surface area (Å²) in [5.41, 5.74) is -1.75. The van der Waals surface area contributed by atoms with Crippen molar-refractivity contribution in [2.75, 3.05) is 0 Å². The van der Waals surface area contributed by atoms with Crippen molar-refractivity contribution in [3.63, 3.8) is 0 Å². The van der Waals surface area contributed by atoms with Crippen LogP contribution < -0.4 is 5.32 Å². The summed E-state index contributed by atoms with van der Waals surface area (Å²) in [7, 11) is -4.24. The van der Waals surface area contributed by atoms with E-state index in [0.717, 1.165) is 5.56 Å². The van der Waals surface area contributed by atoms with Gasteiger partial charge in [0.2, 0.25) is 0 Å². The number of carbonyl (C=O) groups is 2. The van der Waals surface area contributed by atoms with E-state index < -0.39 is 39.4 Å². The second-order valence-corrected chi connectivity index (χ2v) is 8.92. The molecule has 1 aromatic carbocycles. The van der Waals surface area contributed by atoms with Crippen LogP contribution >= 0.6 is 0 Å². The van der Waals surface area contributed by atoms with Crippen LogP contribution in [0.4, 0.5) is 4.79 Å². The van der Waals surface area contributed by atoms with Gasteiger partial charge >= 0.3 is 12.1 Å². The third-order valence-corrected chi connectivity index (χ3v) is 4.74. The Kier molecular flexibility index (Phi) is 6.43. The summed E-state index contributed by atoms with van der Waals surface area (Å²) in [6.07, 6.45) is -0.991. The smallest absolute Gasteiger partial charge is 0.408 e. The molecule has 1 aromatic rings. The molecule has 0 heterocycles. The van der Waals surface area contributed by atoms with Crippen molar-refractivity contribution in [1.29, 1.82) is 0 Å². The number of ether oxygens (including phenoxy) is 1. The van der Waals surface area contributed by atoms with Crippen LogP contribution in [-0.4, -0.2) is 42.8 Å². The van der Waals surface area contributed by atoms with E-state index in [-0.39, 0.29) is 4.90 Å². The summed E-state index contributed by atoms with van der Waals surface area (Å²) in [6, 6.07) is 4.25. The topological polar surface area (TPSA) is 119 Å². The van der Waals surface area contributed by atoms with E-state index >= 15 is 0 Å². The highest BCUT2D eigenvalue weighted by molar-refractivity contribution is 7.86. The van der Waals surface area contributed by atoms with Crippen LogP contribution in [0.25, 0.3) is 0 Å². The second-order valence-electron chi connectivity index (χ2n) is 7.37. The highest BCUT2D eigenvalue weighted by atomic mass is 32.2. The molecule has 0 saturated carbocycles. The highest BCUT2D eigenvalue weighted by Gasteiger charge is 2.42. The number of aliphatic carboxylic acids is 1. The zero-order chi connectivity index (χ0) is 20.3. The second kappa shape index (κ2) is 7.63. The molecule has 0 aliphatic carbocycles. The van der Waals surface area contributed by atoms with Crippen molar-refractivity contribution >= 4 is 22.2 Å². The summed E-state index contributed by atoms with van der Waals surface area (Å²) in [6.45, 7) is 9.17. The van der Waals surface area contributed by atoms with E-state index in [1.807, 2.05) is 0 Å². The number of nitrogens with one attached hydrogen (secondary N) is 1. The summed E-state index contributed by atoms with van der Waals surface area (Å²) in [4.78, 5) is 23.3. The van der Waals surface area contributed by atoms with E-state index in [1.54, 1.807) is 39.8 Å². The summed E-state index contributed by atoms with van der Waals surface area (Å²) in [5.74, 6) is -1.46. The lowest BCUT2D eigenvalue weighted by atomic mass is 9.99. The molecule has 0 bridgehead atoms. The van der Waals surface area contributed by atoms with Crippen LogP contribution in [-0.2, 0) is 23.8 Å². The van der Waals surface area contributed by atoms with Crippen LogP contribution in [0, 0.1) is 6.92 Å². The van der Waals surface area contributed by atoms with Crippen molar-refractivity contribution in [3.8, 4) is 0 Å². The zero-order valence-electron chi connectivity index (χ0n) is 15.7. The van der Waals surface area contributed by atoms with Gasteiger partial charge < -0.3 is 15.2 Å². The molecule has 146 valence electrons. The number of carbonyl (C=O) groups excluding carboxylic acids is 1. The van der Waals surface area contributed by atoms with Gasteiger partial charge in [-0.2, -0.15) is 8.42 Å². The van der Waals surface area contributed by atoms with Crippen molar-refractivity contribution in [2.24, 2.45) is 0 Å². The van der Waals surface area contributed by atoms with Gasteiger partial charge in [-0.15, -0.1) is 0 Å². The first-order chi connectivity index (χ1) is 11.6. The predicted octanol–water partition coefficient (Wildman–Crippen LogP) is 2.46. The maximum absolute atomic E-state index is 12.4. The first-order valence-corrected chi connectivity index (χ1v) is 9.29. The van der Waals surface area contributed by atoms with Gasteiger partial charge in [-0.25, -0.2) is 9.59 Å². The molecule has 0 aliphatic heterocycles. The third kappa shape index (κ3) is 6.30. The number of amides is 1. The van der Waals surface area contributed by atoms with Gasteiger partial charge in [-0.3, -0.25) is 4.18 Å². The molecule has 9 heteroatoms. The van der Waals surface area contributed by atoms with Crippen molar-refractivity contribution < 1.29 is 32.0 Å². The molecule has 0 fully saturated rings. The van der Waals surface area contributed by atoms with Gasteiger partial charge in [0.1, 0.15) is 11.2 Å². The average molecular weight is 387 g/mol. The molecular weight excluding hydrogens is 362 g/mol. The Balaban J connectivity index is 3.04. The number of carboxylic acid groups (broad SMARTS) is 1. The first-order valence-electron chi connectivity index (χ1n) is 7.89. The Labute approximate surface area is 153 Å². The number of alkyl carbamates (subject to hydrolysis) is 1. The number of hydrogen-bond donors (Lipinski definition) is 2. The van der Waals surface area contributed by atoms with Crippen LogP contribution in [0.2, 0.25) is 0 Å². The third-order valence-electron chi connectivity index (χ3n) is 3.24. The van der Waals surface area contributed by atoms with E-state index in [2.05, 4.69) is 5.32 Å². The lowest BCUT2D eigenvalue weighted by Gasteiger charge is -2.31. The summed E-state index contributed by atoms with van der Waals surface area (Å²) in [5, 5.41) is 11.6. The Morgan fingerprint density at radius 3 is 2.00 bits per heavy atom. The maximum atomic E-state index is 12.4. The van der Waals surface area contributed by atoms with E-state index in [0.29, 0.717) is 0 Å². The zero-order valence-corrected chi connectivity index (χ0v) is 16.5.